The summed E-state index contributed by atoms with van der Waals surface area (Å²) in [5.41, 5.74) is 0. The predicted octanol–water partition coefficient (Wildman–Crippen LogP) is 2.50. The summed E-state index contributed by atoms with van der Waals surface area (Å²) in [6, 6.07) is 1.72. The van der Waals surface area contributed by atoms with Gasteiger partial charge < -0.3 is 14.8 Å². The van der Waals surface area contributed by atoms with Crippen LogP contribution in [0.5, 0.6) is 5.75 Å². The molecule has 1 aromatic heterocycles. The molecule has 5 nitrogen and oxygen atoms in total. The fraction of sp³-hybridized carbons (Fsp3) is 0.667. The van der Waals surface area contributed by atoms with Crippen molar-refractivity contribution in [2.75, 3.05) is 33.4 Å². The van der Waals surface area contributed by atoms with Gasteiger partial charge in [0.1, 0.15) is 10.6 Å². The van der Waals surface area contributed by atoms with E-state index in [0.29, 0.717) is 13.2 Å². The summed E-state index contributed by atoms with van der Waals surface area (Å²) in [6.07, 6.45) is 2.09. The number of amides is 1. The Labute approximate surface area is 138 Å². The second-order valence-corrected chi connectivity index (χ2v) is 6.72. The monoisotopic (exact) mass is 348 g/mol. The van der Waals surface area contributed by atoms with Crippen LogP contribution >= 0.6 is 11.3 Å². The number of aryl methyl sites for hydroxylation is 1. The molecular weight excluding hydrogens is 326 g/mol. The first-order valence-electron chi connectivity index (χ1n) is 7.57. The lowest BCUT2D eigenvalue weighted by Gasteiger charge is -2.24. The maximum atomic E-state index is 12.4. The lowest BCUT2D eigenvalue weighted by molar-refractivity contribution is -0.0498. The number of thiophene rings is 1. The van der Waals surface area contributed by atoms with Gasteiger partial charge in [-0.15, -0.1) is 11.3 Å². The zero-order valence-electron chi connectivity index (χ0n) is 13.3. The van der Waals surface area contributed by atoms with Crippen LogP contribution < -0.4 is 10.1 Å². The molecule has 0 unspecified atom stereocenters. The molecule has 0 saturated carbocycles. The number of rotatable bonds is 8. The van der Waals surface area contributed by atoms with Crippen molar-refractivity contribution < 1.29 is 23.0 Å². The average molecular weight is 348 g/mol. The molecule has 23 heavy (non-hydrogen) atoms. The van der Waals surface area contributed by atoms with Crippen LogP contribution in [-0.2, 0) is 4.74 Å². The Kier molecular flexibility index (Phi) is 6.73. The number of hydrogen-bond donors (Lipinski definition) is 1. The molecule has 1 atom stereocenters. The van der Waals surface area contributed by atoms with Crippen molar-refractivity contribution >= 4 is 17.2 Å². The van der Waals surface area contributed by atoms with E-state index in [2.05, 4.69) is 15.0 Å². The van der Waals surface area contributed by atoms with Gasteiger partial charge in [0.2, 0.25) is 0 Å². The maximum Gasteiger partial charge on any atom is 0.387 e. The molecule has 1 aliphatic rings. The number of nitrogens with one attached hydrogen (secondary N) is 1. The summed E-state index contributed by atoms with van der Waals surface area (Å²) >= 11 is 1.16. The van der Waals surface area contributed by atoms with Gasteiger partial charge in [-0.1, -0.05) is 0 Å². The number of methoxy groups -OCH3 is 1. The Morgan fingerprint density at radius 2 is 2.35 bits per heavy atom. The largest absolute Gasteiger partial charge is 0.433 e. The molecule has 130 valence electrons. The number of carbonyl (C=O) groups is 1. The Morgan fingerprint density at radius 3 is 3.04 bits per heavy atom. The van der Waals surface area contributed by atoms with E-state index in [4.69, 9.17) is 4.74 Å². The predicted molar refractivity (Wildman–Crippen MR) is 84.5 cm³/mol. The number of nitrogens with zero attached hydrogens (tertiary/aromatic N) is 1. The highest BCUT2D eigenvalue weighted by molar-refractivity contribution is 7.14. The van der Waals surface area contributed by atoms with Gasteiger partial charge in [0.05, 0.1) is 6.61 Å². The minimum absolute atomic E-state index is 0.0531. The van der Waals surface area contributed by atoms with Gasteiger partial charge in [0, 0.05) is 31.1 Å². The van der Waals surface area contributed by atoms with Gasteiger partial charge >= 0.3 is 6.61 Å². The summed E-state index contributed by atoms with van der Waals surface area (Å²) in [5.74, 6) is -0.417. The maximum absolute atomic E-state index is 12.4. The lowest BCUT2D eigenvalue weighted by atomic mass is 10.2. The Bertz CT molecular complexity index is 525. The summed E-state index contributed by atoms with van der Waals surface area (Å²) in [4.78, 5) is 15.5. The third kappa shape index (κ3) is 5.12. The van der Waals surface area contributed by atoms with Crippen LogP contribution in [-0.4, -0.2) is 56.8 Å². The van der Waals surface area contributed by atoms with Crippen molar-refractivity contribution in [1.29, 1.82) is 0 Å². The van der Waals surface area contributed by atoms with E-state index >= 15 is 0 Å². The molecule has 1 N–H and O–H groups in total. The number of hydrogen-bond acceptors (Lipinski definition) is 5. The van der Waals surface area contributed by atoms with Gasteiger partial charge in [0.15, 0.2) is 0 Å². The highest BCUT2D eigenvalue weighted by atomic mass is 32.1. The molecule has 0 radical (unpaired) electrons. The summed E-state index contributed by atoms with van der Waals surface area (Å²) < 4.78 is 34.3. The van der Waals surface area contributed by atoms with E-state index in [1.165, 1.54) is 6.07 Å². The number of carbonyl (C=O) groups excluding carboxylic acids is 1. The smallest absolute Gasteiger partial charge is 0.387 e. The van der Waals surface area contributed by atoms with Crippen LogP contribution in [0.4, 0.5) is 8.78 Å². The highest BCUT2D eigenvalue weighted by Gasteiger charge is 2.26. The van der Waals surface area contributed by atoms with Crippen molar-refractivity contribution in [2.45, 2.75) is 32.4 Å². The van der Waals surface area contributed by atoms with Gasteiger partial charge in [-0.3, -0.25) is 9.69 Å². The van der Waals surface area contributed by atoms with Crippen LogP contribution in [0.15, 0.2) is 6.07 Å². The van der Waals surface area contributed by atoms with Crippen molar-refractivity contribution in [3.63, 3.8) is 0 Å². The zero-order chi connectivity index (χ0) is 16.8. The van der Waals surface area contributed by atoms with Crippen molar-refractivity contribution in [2.24, 2.45) is 0 Å². The summed E-state index contributed by atoms with van der Waals surface area (Å²) in [6.45, 7) is 1.78. The van der Waals surface area contributed by atoms with Crippen molar-refractivity contribution in [1.82, 2.24) is 10.2 Å². The quantitative estimate of drug-likeness (QED) is 0.784. The molecule has 1 amide bonds. The van der Waals surface area contributed by atoms with Crippen molar-refractivity contribution in [3.8, 4) is 5.75 Å². The van der Waals surface area contributed by atoms with E-state index in [9.17, 15) is 13.6 Å². The topological polar surface area (TPSA) is 50.8 Å². The van der Waals surface area contributed by atoms with Gasteiger partial charge in [0.25, 0.3) is 5.91 Å². The van der Waals surface area contributed by atoms with Gasteiger partial charge in [-0.2, -0.15) is 8.78 Å². The number of ether oxygens (including phenoxy) is 2. The van der Waals surface area contributed by atoms with Gasteiger partial charge in [-0.25, -0.2) is 0 Å². The van der Waals surface area contributed by atoms with Gasteiger partial charge in [-0.05, 0) is 32.4 Å². The fourth-order valence-electron chi connectivity index (χ4n) is 2.75. The zero-order valence-corrected chi connectivity index (χ0v) is 14.1. The van der Waals surface area contributed by atoms with E-state index in [1.54, 1.807) is 14.0 Å². The standard InChI is InChI=1S/C15H22F2N2O3S/c1-10-8-12(22-15(16)17)13(23-10)14(20)18-9-11-4-3-5-19(11)6-7-21-2/h8,11,15H,3-7,9H2,1-2H3,(H,18,20)/t11-/m1/s1. The molecule has 1 aromatic rings. The molecule has 2 heterocycles. The Morgan fingerprint density at radius 1 is 1.57 bits per heavy atom. The molecular formula is C15H22F2N2O3S. The van der Waals surface area contributed by atoms with Crippen LogP contribution in [0.1, 0.15) is 27.4 Å². The highest BCUT2D eigenvalue weighted by Crippen LogP contribution is 2.30. The lowest BCUT2D eigenvalue weighted by Crippen LogP contribution is -2.41. The Balaban J connectivity index is 1.92. The van der Waals surface area contributed by atoms with E-state index in [0.717, 1.165) is 42.1 Å². The Hall–Kier alpha value is -1.25. The first kappa shape index (κ1) is 18.1. The van der Waals surface area contributed by atoms with Crippen LogP contribution in [0.2, 0.25) is 0 Å². The molecule has 2 rings (SSSR count). The van der Waals surface area contributed by atoms with Crippen LogP contribution in [0, 0.1) is 6.92 Å². The summed E-state index contributed by atoms with van der Waals surface area (Å²) in [7, 11) is 1.66. The molecule has 0 spiro atoms. The molecule has 0 bridgehead atoms. The number of likely N-dealkylation sites (tertiary alicyclic amines) is 1. The molecule has 1 fully saturated rings. The minimum atomic E-state index is -2.94. The summed E-state index contributed by atoms with van der Waals surface area (Å²) in [5, 5.41) is 2.84. The normalized spacial score (nSPS) is 18.6. The third-order valence-electron chi connectivity index (χ3n) is 3.82. The van der Waals surface area contributed by atoms with Crippen LogP contribution in [0.3, 0.4) is 0 Å². The SMILES string of the molecule is COCCN1CCC[C@@H]1CNC(=O)c1sc(C)cc1OC(F)F. The second kappa shape index (κ2) is 8.56. The average Bonchev–Trinajstić information content (AvgIpc) is 3.08. The molecule has 0 aliphatic carbocycles. The molecule has 1 saturated heterocycles. The fourth-order valence-corrected chi connectivity index (χ4v) is 3.61. The van der Waals surface area contributed by atoms with Crippen molar-refractivity contribution in [3.05, 3.63) is 15.8 Å². The molecule has 0 aromatic carbocycles. The first-order valence-corrected chi connectivity index (χ1v) is 8.39. The molecule has 1 aliphatic heterocycles. The van der Waals surface area contributed by atoms with Crippen LogP contribution in [0.25, 0.3) is 0 Å². The van der Waals surface area contributed by atoms with E-state index in [1.807, 2.05) is 0 Å². The van der Waals surface area contributed by atoms with E-state index in [-0.39, 0.29) is 22.6 Å². The molecule has 8 heteroatoms. The third-order valence-corrected chi connectivity index (χ3v) is 4.85. The minimum Gasteiger partial charge on any atom is -0.433 e. The number of halogens is 2. The van der Waals surface area contributed by atoms with E-state index < -0.39 is 6.61 Å². The number of alkyl halides is 2. The first-order chi connectivity index (χ1) is 11.0. The second-order valence-electron chi connectivity index (χ2n) is 5.46.